The minimum atomic E-state index is 0.674. The van der Waals surface area contributed by atoms with Gasteiger partial charge in [-0.15, -0.1) is 11.3 Å². The molecule has 21 heavy (non-hydrogen) atoms. The van der Waals surface area contributed by atoms with E-state index in [0.29, 0.717) is 6.04 Å². The van der Waals surface area contributed by atoms with Crippen LogP contribution >= 0.6 is 11.3 Å². The van der Waals surface area contributed by atoms with Crippen LogP contribution in [-0.2, 0) is 6.54 Å². The molecule has 1 aromatic carbocycles. The number of piperidine rings is 1. The lowest BCUT2D eigenvalue weighted by atomic mass is 9.94. The Balaban J connectivity index is 1.51. The van der Waals surface area contributed by atoms with Crippen molar-refractivity contribution in [3.63, 3.8) is 0 Å². The van der Waals surface area contributed by atoms with E-state index in [4.69, 9.17) is 0 Å². The van der Waals surface area contributed by atoms with E-state index in [9.17, 15) is 0 Å². The minimum absolute atomic E-state index is 0.674. The summed E-state index contributed by atoms with van der Waals surface area (Å²) in [5.74, 6) is 0.788. The number of anilines is 1. The molecule has 0 radical (unpaired) electrons. The van der Waals surface area contributed by atoms with Gasteiger partial charge in [-0.2, -0.15) is 0 Å². The van der Waals surface area contributed by atoms with Gasteiger partial charge in [0.2, 0.25) is 0 Å². The van der Waals surface area contributed by atoms with Crippen molar-refractivity contribution in [2.75, 3.05) is 24.5 Å². The second-order valence-corrected chi connectivity index (χ2v) is 7.10. The van der Waals surface area contributed by atoms with E-state index in [1.165, 1.54) is 36.6 Å². The van der Waals surface area contributed by atoms with Crippen LogP contribution in [0.2, 0.25) is 0 Å². The Kier molecular flexibility index (Phi) is 3.65. The van der Waals surface area contributed by atoms with Gasteiger partial charge in [0.1, 0.15) is 0 Å². The second-order valence-electron chi connectivity index (χ2n) is 6.23. The van der Waals surface area contributed by atoms with Crippen LogP contribution in [0.4, 0.5) is 5.13 Å². The first-order valence-corrected chi connectivity index (χ1v) is 8.69. The molecule has 0 N–H and O–H groups in total. The molecule has 1 aromatic heterocycles. The number of hydrogen-bond acceptors (Lipinski definition) is 4. The lowest BCUT2D eigenvalue weighted by Gasteiger charge is -2.36. The maximum atomic E-state index is 4.51. The second kappa shape index (κ2) is 5.78. The Morgan fingerprint density at radius 2 is 2.00 bits per heavy atom. The minimum Gasteiger partial charge on any atom is -0.346 e. The quantitative estimate of drug-likeness (QED) is 0.867. The lowest BCUT2D eigenvalue weighted by Crippen LogP contribution is -2.43. The lowest BCUT2D eigenvalue weighted by molar-refractivity contribution is 0.126. The fraction of sp³-hybridized carbons (Fsp3) is 0.471. The molecular weight excluding hydrogens is 278 g/mol. The van der Waals surface area contributed by atoms with Crippen molar-refractivity contribution in [1.82, 2.24) is 9.88 Å². The third-order valence-corrected chi connectivity index (χ3v) is 5.58. The van der Waals surface area contributed by atoms with E-state index in [1.807, 2.05) is 6.20 Å². The highest BCUT2D eigenvalue weighted by Crippen LogP contribution is 2.32. The maximum absolute atomic E-state index is 4.51. The topological polar surface area (TPSA) is 19.4 Å². The van der Waals surface area contributed by atoms with Gasteiger partial charge in [0.05, 0.1) is 0 Å². The summed E-state index contributed by atoms with van der Waals surface area (Å²) < 4.78 is 0. The van der Waals surface area contributed by atoms with Crippen molar-refractivity contribution in [3.8, 4) is 0 Å². The van der Waals surface area contributed by atoms with Crippen molar-refractivity contribution < 1.29 is 0 Å². The van der Waals surface area contributed by atoms with Crippen molar-refractivity contribution in [2.45, 2.75) is 25.4 Å². The summed E-state index contributed by atoms with van der Waals surface area (Å²) in [6, 6.07) is 11.6. The van der Waals surface area contributed by atoms with Crippen molar-refractivity contribution in [2.24, 2.45) is 5.92 Å². The first-order chi connectivity index (χ1) is 10.4. The van der Waals surface area contributed by atoms with Gasteiger partial charge in [-0.3, -0.25) is 4.90 Å². The van der Waals surface area contributed by atoms with Crippen molar-refractivity contribution in [3.05, 3.63) is 47.5 Å². The zero-order valence-corrected chi connectivity index (χ0v) is 13.0. The van der Waals surface area contributed by atoms with Crippen LogP contribution in [0.5, 0.6) is 0 Å². The summed E-state index contributed by atoms with van der Waals surface area (Å²) in [7, 11) is 0. The van der Waals surface area contributed by atoms with Crippen LogP contribution in [0, 0.1) is 5.92 Å². The summed E-state index contributed by atoms with van der Waals surface area (Å²) in [5.41, 5.74) is 1.44. The van der Waals surface area contributed by atoms with Crippen molar-refractivity contribution >= 4 is 16.5 Å². The summed E-state index contributed by atoms with van der Waals surface area (Å²) >= 11 is 1.77. The molecule has 0 spiro atoms. The molecule has 3 aliphatic heterocycles. The maximum Gasteiger partial charge on any atom is 0.185 e. The Morgan fingerprint density at radius 1 is 1.10 bits per heavy atom. The summed E-state index contributed by atoms with van der Waals surface area (Å²) in [4.78, 5) is 9.72. The SMILES string of the molecule is c1ccc(CN2C[C@H]3CC[C@@H]2CN(c2nccs2)C3)cc1. The van der Waals surface area contributed by atoms with E-state index < -0.39 is 0 Å². The predicted octanol–water partition coefficient (Wildman–Crippen LogP) is 3.24. The standard InChI is InChI=1S/C17H21N3S/c1-2-4-14(5-3-1)10-19-11-15-6-7-16(19)13-20(12-15)17-18-8-9-21-17/h1-5,8-9,15-16H,6-7,10-13H2/t15-,16-/m1/s1. The smallest absolute Gasteiger partial charge is 0.185 e. The molecule has 2 atom stereocenters. The molecule has 110 valence electrons. The van der Waals surface area contributed by atoms with Gasteiger partial charge in [0.25, 0.3) is 0 Å². The van der Waals surface area contributed by atoms with Gasteiger partial charge in [0.15, 0.2) is 5.13 Å². The first kappa shape index (κ1) is 13.3. The van der Waals surface area contributed by atoms with E-state index in [0.717, 1.165) is 19.0 Å². The molecule has 0 amide bonds. The van der Waals surface area contributed by atoms with Crippen molar-refractivity contribution in [1.29, 1.82) is 0 Å². The molecular formula is C17H21N3S. The van der Waals surface area contributed by atoms with Gasteiger partial charge >= 0.3 is 0 Å². The summed E-state index contributed by atoms with van der Waals surface area (Å²) in [6.07, 6.45) is 4.63. The average Bonchev–Trinajstić information content (AvgIpc) is 2.91. The molecule has 2 bridgehead atoms. The number of benzene rings is 1. The number of hydrogen-bond donors (Lipinski definition) is 0. The summed E-state index contributed by atoms with van der Waals surface area (Å²) in [5, 5.41) is 3.29. The van der Waals surface area contributed by atoms with E-state index >= 15 is 0 Å². The Bertz CT molecular complexity index is 569. The van der Waals surface area contributed by atoms with E-state index in [1.54, 1.807) is 11.3 Å². The molecule has 3 aliphatic rings. The number of nitrogens with zero attached hydrogens (tertiary/aromatic N) is 3. The van der Waals surface area contributed by atoms with Gasteiger partial charge < -0.3 is 4.90 Å². The fourth-order valence-corrected chi connectivity index (χ4v) is 4.38. The normalized spacial score (nSPS) is 26.0. The highest BCUT2D eigenvalue weighted by molar-refractivity contribution is 7.13. The molecule has 3 nitrogen and oxygen atoms in total. The van der Waals surface area contributed by atoms with Crippen LogP contribution in [0.25, 0.3) is 0 Å². The van der Waals surface area contributed by atoms with Gasteiger partial charge in [-0.25, -0.2) is 4.98 Å². The largest absolute Gasteiger partial charge is 0.346 e. The number of rotatable bonds is 3. The zero-order chi connectivity index (χ0) is 14.1. The number of fused-ring (bicyclic) bond motifs is 4. The molecule has 4 heteroatoms. The first-order valence-electron chi connectivity index (χ1n) is 7.81. The molecule has 4 heterocycles. The van der Waals surface area contributed by atoms with E-state index in [-0.39, 0.29) is 0 Å². The molecule has 3 fully saturated rings. The van der Waals surface area contributed by atoms with Crippen LogP contribution < -0.4 is 4.90 Å². The van der Waals surface area contributed by atoms with Crippen LogP contribution in [-0.4, -0.2) is 35.6 Å². The Labute approximate surface area is 130 Å². The molecule has 0 unspecified atom stereocenters. The van der Waals surface area contributed by atoms with Crippen LogP contribution in [0.1, 0.15) is 18.4 Å². The number of thiazole rings is 1. The predicted molar refractivity (Wildman–Crippen MR) is 87.7 cm³/mol. The molecule has 3 saturated heterocycles. The monoisotopic (exact) mass is 299 g/mol. The third kappa shape index (κ3) is 2.83. The Morgan fingerprint density at radius 3 is 2.81 bits per heavy atom. The molecule has 0 saturated carbocycles. The fourth-order valence-electron chi connectivity index (χ4n) is 3.72. The highest BCUT2D eigenvalue weighted by Gasteiger charge is 2.35. The van der Waals surface area contributed by atoms with E-state index in [2.05, 4.69) is 50.5 Å². The third-order valence-electron chi connectivity index (χ3n) is 4.75. The van der Waals surface area contributed by atoms with Gasteiger partial charge in [-0.1, -0.05) is 30.3 Å². The molecule has 2 aromatic rings. The van der Waals surface area contributed by atoms with Crippen LogP contribution in [0.3, 0.4) is 0 Å². The van der Waals surface area contributed by atoms with Crippen LogP contribution in [0.15, 0.2) is 41.9 Å². The Hall–Kier alpha value is -1.39. The molecule has 0 aliphatic carbocycles. The molecule has 5 rings (SSSR count). The number of aromatic nitrogens is 1. The van der Waals surface area contributed by atoms with Gasteiger partial charge in [-0.05, 0) is 24.3 Å². The summed E-state index contributed by atoms with van der Waals surface area (Å²) in [6.45, 7) is 4.64. The van der Waals surface area contributed by atoms with Gasteiger partial charge in [0, 0.05) is 43.8 Å². The zero-order valence-electron chi connectivity index (χ0n) is 12.2. The average molecular weight is 299 g/mol. The highest BCUT2D eigenvalue weighted by atomic mass is 32.1.